The number of allylic oxidation sites excluding steroid dienone is 1. The fourth-order valence-electron chi connectivity index (χ4n) is 4.17. The van der Waals surface area contributed by atoms with Gasteiger partial charge < -0.3 is 23.4 Å². The number of carbonyl (C=O) groups is 1. The summed E-state index contributed by atoms with van der Waals surface area (Å²) in [4.78, 5) is 14.9. The minimum absolute atomic E-state index is 0.151. The van der Waals surface area contributed by atoms with E-state index in [9.17, 15) is 9.36 Å². The number of esters is 1. The second kappa shape index (κ2) is 10.1. The van der Waals surface area contributed by atoms with Crippen LogP contribution in [0.25, 0.3) is 0 Å². The van der Waals surface area contributed by atoms with Crippen molar-refractivity contribution in [1.29, 1.82) is 0 Å². The molecule has 0 unspecified atom stereocenters. The van der Waals surface area contributed by atoms with Gasteiger partial charge in [-0.3, -0.25) is 9.36 Å². The Bertz CT molecular complexity index is 822. The molecule has 1 aromatic carbocycles. The molecule has 30 heavy (non-hydrogen) atoms. The second-order valence-electron chi connectivity index (χ2n) is 7.06. The van der Waals surface area contributed by atoms with Gasteiger partial charge >= 0.3 is 13.6 Å². The number of hydrogen-bond donors (Lipinski definition) is 0. The Morgan fingerprint density at radius 3 is 2.50 bits per heavy atom. The highest BCUT2D eigenvalue weighted by Crippen LogP contribution is 2.58. The summed E-state index contributed by atoms with van der Waals surface area (Å²) in [6.07, 6.45) is 4.19. The average molecular weight is 453 g/mol. The zero-order valence-electron chi connectivity index (χ0n) is 17.4. The van der Waals surface area contributed by atoms with Gasteiger partial charge in [-0.25, -0.2) is 0 Å². The smallest absolute Gasteiger partial charge is 0.338 e. The molecule has 1 aromatic rings. The van der Waals surface area contributed by atoms with Gasteiger partial charge in [0, 0.05) is 0 Å². The molecular formula is C21H28NO6PS. The summed E-state index contributed by atoms with van der Waals surface area (Å²) in [6, 6.07) is 9.30. The largest absolute Gasteiger partial charge is 0.469 e. The van der Waals surface area contributed by atoms with E-state index in [1.54, 1.807) is 19.9 Å². The summed E-state index contributed by atoms with van der Waals surface area (Å²) in [5.41, 5.74) is 0.258. The summed E-state index contributed by atoms with van der Waals surface area (Å²) >= 11 is 5.50. The highest BCUT2D eigenvalue weighted by molar-refractivity contribution is 7.80. The Kier molecular flexibility index (Phi) is 7.69. The van der Waals surface area contributed by atoms with Crippen molar-refractivity contribution in [2.24, 2.45) is 5.92 Å². The summed E-state index contributed by atoms with van der Waals surface area (Å²) in [5, 5.41) is 0.319. The molecule has 0 bridgehead atoms. The number of rotatable bonds is 8. The van der Waals surface area contributed by atoms with Crippen molar-refractivity contribution in [2.75, 3.05) is 26.9 Å². The lowest BCUT2D eigenvalue weighted by Crippen LogP contribution is -2.51. The maximum Gasteiger partial charge on any atom is 0.338 e. The molecule has 1 fully saturated rings. The molecule has 0 saturated carbocycles. The van der Waals surface area contributed by atoms with Gasteiger partial charge in [-0.05, 0) is 38.0 Å². The van der Waals surface area contributed by atoms with E-state index in [0.29, 0.717) is 18.2 Å². The van der Waals surface area contributed by atoms with Crippen LogP contribution in [0.4, 0.5) is 0 Å². The maximum atomic E-state index is 13.6. The molecule has 0 aromatic heterocycles. The van der Waals surface area contributed by atoms with Gasteiger partial charge in [0.15, 0.2) is 0 Å². The van der Waals surface area contributed by atoms with E-state index in [-0.39, 0.29) is 19.3 Å². The summed E-state index contributed by atoms with van der Waals surface area (Å²) in [7, 11) is -2.28. The number of methoxy groups -OCH3 is 1. The number of hydrogen-bond acceptors (Lipinski definition) is 7. The predicted molar refractivity (Wildman–Crippen MR) is 117 cm³/mol. The van der Waals surface area contributed by atoms with E-state index >= 15 is 0 Å². The predicted octanol–water partition coefficient (Wildman–Crippen LogP) is 4.10. The van der Waals surface area contributed by atoms with Crippen LogP contribution in [0.3, 0.4) is 0 Å². The van der Waals surface area contributed by atoms with Gasteiger partial charge in [-0.1, -0.05) is 42.5 Å². The second-order valence-corrected chi connectivity index (χ2v) is 9.60. The van der Waals surface area contributed by atoms with Crippen LogP contribution >= 0.6 is 19.8 Å². The van der Waals surface area contributed by atoms with Gasteiger partial charge in [0.2, 0.25) is 0 Å². The van der Waals surface area contributed by atoms with Crippen molar-refractivity contribution in [3.05, 3.63) is 48.0 Å². The van der Waals surface area contributed by atoms with Gasteiger partial charge in [-0.15, -0.1) is 0 Å². The van der Waals surface area contributed by atoms with E-state index in [1.807, 2.05) is 41.3 Å². The number of nitrogens with zero attached hydrogens (tertiary/aromatic N) is 1. The zero-order valence-corrected chi connectivity index (χ0v) is 19.1. The third-order valence-corrected chi connectivity index (χ3v) is 8.19. The molecule has 1 heterocycles. The van der Waals surface area contributed by atoms with E-state index in [1.165, 1.54) is 7.11 Å². The van der Waals surface area contributed by atoms with Crippen LogP contribution in [0.2, 0.25) is 0 Å². The van der Waals surface area contributed by atoms with Crippen LogP contribution < -0.4 is 0 Å². The number of carbonyl (C=O) groups excluding carboxylic acids is 1. The average Bonchev–Trinajstić information content (AvgIpc) is 3.15. The summed E-state index contributed by atoms with van der Waals surface area (Å²) in [5.74, 6) is -1.26. The van der Waals surface area contributed by atoms with Crippen molar-refractivity contribution < 1.29 is 27.9 Å². The van der Waals surface area contributed by atoms with Crippen molar-refractivity contribution in [1.82, 2.24) is 4.90 Å². The van der Waals surface area contributed by atoms with Crippen molar-refractivity contribution in [2.45, 2.75) is 38.0 Å². The molecule has 0 amide bonds. The van der Waals surface area contributed by atoms with Crippen LogP contribution in [0.15, 0.2) is 42.5 Å². The Hall–Kier alpha value is -1.73. The normalized spacial score (nSPS) is 26.5. The van der Waals surface area contributed by atoms with Gasteiger partial charge in [0.1, 0.15) is 6.61 Å². The molecule has 7 nitrogen and oxygen atoms in total. The Morgan fingerprint density at radius 1 is 1.23 bits per heavy atom. The molecule has 0 radical (unpaired) electrons. The minimum Gasteiger partial charge on any atom is -0.469 e. The molecule has 1 aliphatic carbocycles. The first-order valence-corrected chi connectivity index (χ1v) is 12.1. The van der Waals surface area contributed by atoms with Crippen molar-refractivity contribution in [3.63, 3.8) is 0 Å². The van der Waals surface area contributed by atoms with Gasteiger partial charge in [-0.2, -0.15) is 0 Å². The molecule has 3 rings (SSSR count). The van der Waals surface area contributed by atoms with Gasteiger partial charge in [0.05, 0.1) is 44.0 Å². The summed E-state index contributed by atoms with van der Waals surface area (Å²) in [6.45, 7) is 4.29. The van der Waals surface area contributed by atoms with Crippen LogP contribution in [0.1, 0.15) is 31.9 Å². The molecule has 164 valence electrons. The molecule has 1 saturated heterocycles. The fourth-order valence-corrected chi connectivity index (χ4v) is 6.69. The standard InChI is InChI=1S/C21H28NO6PS/c1-4-27-29(24,28-5-2)18-13-9-12-16(19(18)20(23)25-3)22-17(14-26-21(22)30)15-10-7-6-8-11-15/h6-11,13,16-19H,4-5,12,14H2,1-3H3/t16-,17+,18-,19-/m1/s1. The van der Waals surface area contributed by atoms with Crippen molar-refractivity contribution >= 4 is 31.0 Å². The molecule has 0 spiro atoms. The fraction of sp³-hybridized carbons (Fsp3) is 0.524. The van der Waals surface area contributed by atoms with E-state index < -0.39 is 31.2 Å². The molecular weight excluding hydrogens is 425 g/mol. The lowest BCUT2D eigenvalue weighted by atomic mass is 9.86. The van der Waals surface area contributed by atoms with Crippen LogP contribution in [0, 0.1) is 5.92 Å². The van der Waals surface area contributed by atoms with E-state index in [2.05, 4.69) is 0 Å². The topological polar surface area (TPSA) is 74.3 Å². The SMILES string of the molecule is CCOP(=O)(OCC)[C@@H]1C=CC[C@@H](N2C(=S)OC[C@H]2c2ccccc2)[C@H]1C(=O)OC. The molecule has 1 aliphatic heterocycles. The Labute approximate surface area is 182 Å². The van der Waals surface area contributed by atoms with Crippen LogP contribution in [0.5, 0.6) is 0 Å². The molecule has 4 atom stereocenters. The number of benzene rings is 1. The molecule has 9 heteroatoms. The monoisotopic (exact) mass is 453 g/mol. The first-order chi connectivity index (χ1) is 14.5. The third kappa shape index (κ3) is 4.47. The zero-order chi connectivity index (χ0) is 21.7. The van der Waals surface area contributed by atoms with Crippen molar-refractivity contribution in [3.8, 4) is 0 Å². The number of thiocarbonyl (C=S) groups is 1. The highest BCUT2D eigenvalue weighted by atomic mass is 32.1. The maximum absolute atomic E-state index is 13.6. The van der Waals surface area contributed by atoms with Crippen LogP contribution in [-0.4, -0.2) is 54.7 Å². The Balaban J connectivity index is 2.02. The lowest BCUT2D eigenvalue weighted by molar-refractivity contribution is -0.147. The third-order valence-electron chi connectivity index (χ3n) is 5.40. The quantitative estimate of drug-likeness (QED) is 0.252. The van der Waals surface area contributed by atoms with E-state index in [4.69, 9.17) is 30.7 Å². The minimum atomic E-state index is -3.61. The Morgan fingerprint density at radius 2 is 1.90 bits per heavy atom. The van der Waals surface area contributed by atoms with E-state index in [0.717, 1.165) is 5.56 Å². The molecule has 0 N–H and O–H groups in total. The number of ether oxygens (including phenoxy) is 2. The summed E-state index contributed by atoms with van der Waals surface area (Å²) < 4.78 is 35.6. The van der Waals surface area contributed by atoms with Crippen LogP contribution in [-0.2, 0) is 27.9 Å². The lowest BCUT2D eigenvalue weighted by Gasteiger charge is -2.41. The highest BCUT2D eigenvalue weighted by Gasteiger charge is 2.52. The first-order valence-electron chi connectivity index (χ1n) is 10.1. The molecule has 2 aliphatic rings. The first kappa shape index (κ1) is 22.9. The van der Waals surface area contributed by atoms with Gasteiger partial charge in [0.25, 0.3) is 5.17 Å².